The van der Waals surface area contributed by atoms with Gasteiger partial charge in [-0.25, -0.2) is 9.98 Å². The summed E-state index contributed by atoms with van der Waals surface area (Å²) in [6.07, 6.45) is 1.37. The third kappa shape index (κ3) is 2.50. The maximum absolute atomic E-state index is 12.4. The molecule has 0 saturated carbocycles. The van der Waals surface area contributed by atoms with Crippen LogP contribution in [0, 0.1) is 12.8 Å². The normalized spacial score (nSPS) is 16.7. The standard InChI is InChI=1S/C16H11ClN2O2/c1-9-2-7-12-15(21)13(8-18-16(12)19-9)14(20)10-3-5-11(17)6-4-10/h2-8,13H,1H3. The molecule has 2 aromatic rings. The maximum atomic E-state index is 12.4. The maximum Gasteiger partial charge on any atom is 0.182 e. The molecule has 0 saturated heterocycles. The van der Waals surface area contributed by atoms with Gasteiger partial charge in [-0.05, 0) is 43.3 Å². The predicted molar refractivity (Wildman–Crippen MR) is 80.7 cm³/mol. The molecule has 1 atom stereocenters. The number of aryl methyl sites for hydroxylation is 1. The minimum absolute atomic E-state index is 0.271. The van der Waals surface area contributed by atoms with Crippen molar-refractivity contribution in [2.24, 2.45) is 10.9 Å². The van der Waals surface area contributed by atoms with E-state index >= 15 is 0 Å². The lowest BCUT2D eigenvalue weighted by molar-refractivity contribution is 0.0854. The van der Waals surface area contributed by atoms with Crippen LogP contribution in [0.2, 0.25) is 5.02 Å². The molecule has 0 radical (unpaired) electrons. The molecule has 21 heavy (non-hydrogen) atoms. The second kappa shape index (κ2) is 5.22. The van der Waals surface area contributed by atoms with Crippen LogP contribution in [0.5, 0.6) is 0 Å². The number of fused-ring (bicyclic) bond motifs is 1. The molecule has 1 unspecified atom stereocenters. The second-order valence-corrected chi connectivity index (χ2v) is 5.25. The molecule has 1 aliphatic rings. The molecule has 3 rings (SSSR count). The Kier molecular flexibility index (Phi) is 3.39. The summed E-state index contributed by atoms with van der Waals surface area (Å²) in [5.74, 6) is -1.08. The summed E-state index contributed by atoms with van der Waals surface area (Å²) in [6.45, 7) is 1.82. The number of pyridine rings is 1. The molecular formula is C16H11ClN2O2. The van der Waals surface area contributed by atoms with Crippen molar-refractivity contribution in [3.63, 3.8) is 0 Å². The molecular weight excluding hydrogens is 288 g/mol. The van der Waals surface area contributed by atoms with Gasteiger partial charge in [-0.2, -0.15) is 0 Å². The lowest BCUT2D eigenvalue weighted by atomic mass is 9.89. The van der Waals surface area contributed by atoms with E-state index in [1.54, 1.807) is 36.4 Å². The largest absolute Gasteiger partial charge is 0.293 e. The van der Waals surface area contributed by atoms with Gasteiger partial charge >= 0.3 is 0 Å². The van der Waals surface area contributed by atoms with Crippen molar-refractivity contribution in [1.29, 1.82) is 0 Å². The molecule has 0 bridgehead atoms. The average molecular weight is 299 g/mol. The quantitative estimate of drug-likeness (QED) is 0.630. The van der Waals surface area contributed by atoms with Gasteiger partial charge in [-0.15, -0.1) is 0 Å². The van der Waals surface area contributed by atoms with E-state index in [0.717, 1.165) is 5.69 Å². The van der Waals surface area contributed by atoms with E-state index < -0.39 is 5.92 Å². The fourth-order valence-corrected chi connectivity index (χ4v) is 2.32. The molecule has 0 aliphatic carbocycles. The van der Waals surface area contributed by atoms with E-state index in [-0.39, 0.29) is 11.6 Å². The first kappa shape index (κ1) is 13.6. The van der Waals surface area contributed by atoms with Gasteiger partial charge in [0.2, 0.25) is 0 Å². The fraction of sp³-hybridized carbons (Fsp3) is 0.125. The van der Waals surface area contributed by atoms with Crippen molar-refractivity contribution in [2.75, 3.05) is 0 Å². The van der Waals surface area contributed by atoms with Crippen LogP contribution in [0.4, 0.5) is 5.82 Å². The smallest absolute Gasteiger partial charge is 0.182 e. The van der Waals surface area contributed by atoms with Gasteiger partial charge in [0.1, 0.15) is 5.92 Å². The molecule has 1 aromatic carbocycles. The number of aliphatic imine (C=N–C) groups is 1. The number of aromatic nitrogens is 1. The molecule has 1 aromatic heterocycles. The van der Waals surface area contributed by atoms with Crippen LogP contribution in [0.25, 0.3) is 0 Å². The van der Waals surface area contributed by atoms with Gasteiger partial charge in [0.05, 0.1) is 5.56 Å². The summed E-state index contributed by atoms with van der Waals surface area (Å²) in [7, 11) is 0. The molecule has 0 amide bonds. The van der Waals surface area contributed by atoms with Crippen LogP contribution in [0.3, 0.4) is 0 Å². The number of Topliss-reactive ketones (excluding diaryl/α,β-unsaturated/α-hetero) is 2. The van der Waals surface area contributed by atoms with E-state index in [1.807, 2.05) is 6.92 Å². The van der Waals surface area contributed by atoms with E-state index in [1.165, 1.54) is 6.21 Å². The number of hydrogen-bond acceptors (Lipinski definition) is 4. The van der Waals surface area contributed by atoms with Crippen molar-refractivity contribution < 1.29 is 9.59 Å². The number of carbonyl (C=O) groups is 2. The van der Waals surface area contributed by atoms with Crippen molar-refractivity contribution in [1.82, 2.24) is 4.98 Å². The molecule has 2 heterocycles. The zero-order valence-electron chi connectivity index (χ0n) is 11.2. The number of rotatable bonds is 2. The van der Waals surface area contributed by atoms with E-state index in [2.05, 4.69) is 9.98 Å². The summed E-state index contributed by atoms with van der Waals surface area (Å²) >= 11 is 5.80. The van der Waals surface area contributed by atoms with Crippen molar-refractivity contribution in [3.8, 4) is 0 Å². The van der Waals surface area contributed by atoms with Crippen LogP contribution in [0.15, 0.2) is 41.4 Å². The third-order valence-corrected chi connectivity index (χ3v) is 3.57. The van der Waals surface area contributed by atoms with E-state index in [9.17, 15) is 9.59 Å². The first-order valence-electron chi connectivity index (χ1n) is 6.42. The lowest BCUT2D eigenvalue weighted by Gasteiger charge is -2.16. The number of nitrogens with zero attached hydrogens (tertiary/aromatic N) is 2. The highest BCUT2D eigenvalue weighted by molar-refractivity contribution is 6.31. The van der Waals surface area contributed by atoms with Gasteiger partial charge in [0, 0.05) is 22.5 Å². The monoisotopic (exact) mass is 298 g/mol. The molecule has 1 aliphatic heterocycles. The molecule has 0 N–H and O–H groups in total. The Morgan fingerprint density at radius 3 is 2.57 bits per heavy atom. The van der Waals surface area contributed by atoms with E-state index in [4.69, 9.17) is 11.6 Å². The molecule has 104 valence electrons. The van der Waals surface area contributed by atoms with Crippen molar-refractivity contribution in [2.45, 2.75) is 6.92 Å². The highest BCUT2D eigenvalue weighted by atomic mass is 35.5. The number of ketones is 2. The summed E-state index contributed by atoms with van der Waals surface area (Å²) in [6, 6.07) is 9.86. The Bertz CT molecular complexity index is 766. The van der Waals surface area contributed by atoms with Gasteiger partial charge in [-0.3, -0.25) is 9.59 Å². The van der Waals surface area contributed by atoms with Crippen LogP contribution in [-0.4, -0.2) is 22.8 Å². The van der Waals surface area contributed by atoms with Gasteiger partial charge in [0.15, 0.2) is 17.4 Å². The topological polar surface area (TPSA) is 59.4 Å². The summed E-state index contributed by atoms with van der Waals surface area (Å²) in [4.78, 5) is 33.2. The van der Waals surface area contributed by atoms with Gasteiger partial charge < -0.3 is 0 Å². The van der Waals surface area contributed by atoms with Gasteiger partial charge in [-0.1, -0.05) is 11.6 Å². The number of halogens is 1. The first-order chi connectivity index (χ1) is 10.1. The minimum atomic E-state index is -0.900. The SMILES string of the molecule is Cc1ccc2c(n1)N=CC(C(=O)c1ccc(Cl)cc1)C2=O. The van der Waals surface area contributed by atoms with Crippen molar-refractivity contribution >= 4 is 35.2 Å². The Hall–Kier alpha value is -2.33. The summed E-state index contributed by atoms with van der Waals surface area (Å²) in [5.41, 5.74) is 1.60. The minimum Gasteiger partial charge on any atom is -0.293 e. The average Bonchev–Trinajstić information content (AvgIpc) is 2.47. The number of hydrogen-bond donors (Lipinski definition) is 0. The summed E-state index contributed by atoms with van der Waals surface area (Å²) in [5, 5.41) is 0.542. The molecule has 5 heteroatoms. The summed E-state index contributed by atoms with van der Waals surface area (Å²) < 4.78 is 0. The van der Waals surface area contributed by atoms with Crippen molar-refractivity contribution in [3.05, 3.63) is 58.2 Å². The van der Waals surface area contributed by atoms with E-state index in [0.29, 0.717) is 22.0 Å². The Morgan fingerprint density at radius 1 is 1.14 bits per heavy atom. The lowest BCUT2D eigenvalue weighted by Crippen LogP contribution is -2.28. The predicted octanol–water partition coefficient (Wildman–Crippen LogP) is 3.44. The van der Waals surface area contributed by atoms with Crippen LogP contribution in [-0.2, 0) is 0 Å². The van der Waals surface area contributed by atoms with Gasteiger partial charge in [0.25, 0.3) is 0 Å². The second-order valence-electron chi connectivity index (χ2n) is 4.82. The zero-order chi connectivity index (χ0) is 15.0. The van der Waals surface area contributed by atoms with Crippen LogP contribution >= 0.6 is 11.6 Å². The van der Waals surface area contributed by atoms with Crippen LogP contribution < -0.4 is 0 Å². The molecule has 0 spiro atoms. The number of benzene rings is 1. The third-order valence-electron chi connectivity index (χ3n) is 3.32. The first-order valence-corrected chi connectivity index (χ1v) is 6.80. The highest BCUT2D eigenvalue weighted by Crippen LogP contribution is 2.26. The Morgan fingerprint density at radius 2 is 1.86 bits per heavy atom. The van der Waals surface area contributed by atoms with Crippen LogP contribution in [0.1, 0.15) is 26.4 Å². The number of carbonyl (C=O) groups excluding carboxylic acids is 2. The molecule has 0 fully saturated rings. The fourth-order valence-electron chi connectivity index (χ4n) is 2.19. The Labute approximate surface area is 126 Å². The Balaban J connectivity index is 1.95. The molecule has 4 nitrogen and oxygen atoms in total. The highest BCUT2D eigenvalue weighted by Gasteiger charge is 2.31. The zero-order valence-corrected chi connectivity index (χ0v) is 12.0.